The number of carbonyl (C=O) groups excluding carboxylic acids is 2. The normalized spacial score (nSPS) is 10.4. The fraction of sp³-hybridized carbons (Fsp3) is 0.391. The van der Waals surface area contributed by atoms with Crippen LogP contribution in [0.4, 0.5) is 0 Å². The molecule has 0 saturated heterocycles. The Kier molecular flexibility index (Phi) is 8.52. The van der Waals surface area contributed by atoms with Crippen LogP contribution in [-0.2, 0) is 22.4 Å². The highest BCUT2D eigenvalue weighted by Crippen LogP contribution is 2.29. The summed E-state index contributed by atoms with van der Waals surface area (Å²) in [4.78, 5) is 24.3. The molecule has 0 unspecified atom stereocenters. The Balaban J connectivity index is 1.81. The topological polar surface area (TPSA) is 82.1 Å². The van der Waals surface area contributed by atoms with Crippen LogP contribution in [0, 0.1) is 0 Å². The molecule has 0 saturated carbocycles. The van der Waals surface area contributed by atoms with Gasteiger partial charge in [-0.05, 0) is 55.2 Å². The lowest BCUT2D eigenvalue weighted by molar-refractivity contribution is -0.126. The first kappa shape index (κ1) is 22.3. The van der Waals surface area contributed by atoms with Crippen molar-refractivity contribution in [3.05, 3.63) is 47.5 Å². The van der Waals surface area contributed by atoms with E-state index in [0.29, 0.717) is 43.1 Å². The number of Topliss-reactive ketones (excluding diaryl/α,β-unsaturated/α-hetero) is 2. The van der Waals surface area contributed by atoms with Gasteiger partial charge in [0.25, 0.3) is 0 Å². The SMILES string of the molecule is CCOc1ccc(CCC(=O)CC(=O)CCc2ccc(O)c(OC)c2)cc1OC. The second-order valence-electron chi connectivity index (χ2n) is 6.68. The van der Waals surface area contributed by atoms with E-state index in [0.717, 1.165) is 11.1 Å². The number of aromatic hydroxyl groups is 1. The molecule has 0 aliphatic rings. The Labute approximate surface area is 171 Å². The summed E-state index contributed by atoms with van der Waals surface area (Å²) in [5, 5.41) is 9.61. The highest BCUT2D eigenvalue weighted by molar-refractivity contribution is 5.99. The van der Waals surface area contributed by atoms with Crippen LogP contribution in [-0.4, -0.2) is 37.5 Å². The van der Waals surface area contributed by atoms with Gasteiger partial charge in [-0.3, -0.25) is 9.59 Å². The summed E-state index contributed by atoms with van der Waals surface area (Å²) in [6.45, 7) is 2.45. The van der Waals surface area contributed by atoms with E-state index >= 15 is 0 Å². The highest BCUT2D eigenvalue weighted by Gasteiger charge is 2.12. The van der Waals surface area contributed by atoms with E-state index in [-0.39, 0.29) is 30.2 Å². The molecule has 0 aliphatic carbocycles. The summed E-state index contributed by atoms with van der Waals surface area (Å²) < 4.78 is 15.9. The molecule has 0 bridgehead atoms. The Morgan fingerprint density at radius 2 is 1.38 bits per heavy atom. The van der Waals surface area contributed by atoms with Crippen molar-refractivity contribution in [3.8, 4) is 23.0 Å². The standard InChI is InChI=1S/C23H28O6/c1-4-29-21-12-8-17(14-23(21)28-3)6-10-19(25)15-18(24)9-5-16-7-11-20(26)22(13-16)27-2/h7-8,11-14,26H,4-6,9-10,15H2,1-3H3. The maximum atomic E-state index is 12.2. The second kappa shape index (κ2) is 11.1. The van der Waals surface area contributed by atoms with E-state index in [1.807, 2.05) is 25.1 Å². The number of ketones is 2. The summed E-state index contributed by atoms with van der Waals surface area (Å²) in [5.41, 5.74) is 1.84. The maximum Gasteiger partial charge on any atom is 0.161 e. The quantitative estimate of drug-likeness (QED) is 0.544. The van der Waals surface area contributed by atoms with Crippen LogP contribution >= 0.6 is 0 Å². The molecule has 2 aromatic rings. The third kappa shape index (κ3) is 6.82. The molecule has 0 radical (unpaired) electrons. The molecule has 0 heterocycles. The molecule has 156 valence electrons. The molecular weight excluding hydrogens is 372 g/mol. The minimum atomic E-state index is -0.0914. The Hall–Kier alpha value is -3.02. The van der Waals surface area contributed by atoms with Gasteiger partial charge in [0.1, 0.15) is 11.6 Å². The summed E-state index contributed by atoms with van der Waals surface area (Å²) >= 11 is 0. The second-order valence-corrected chi connectivity index (χ2v) is 6.68. The van der Waals surface area contributed by atoms with Gasteiger partial charge in [0, 0.05) is 12.8 Å². The van der Waals surface area contributed by atoms with Gasteiger partial charge in [0.15, 0.2) is 23.0 Å². The zero-order chi connectivity index (χ0) is 21.2. The molecular formula is C23H28O6. The maximum absolute atomic E-state index is 12.2. The number of aryl methyl sites for hydroxylation is 2. The molecule has 0 amide bonds. The van der Waals surface area contributed by atoms with Crippen molar-refractivity contribution in [3.63, 3.8) is 0 Å². The van der Waals surface area contributed by atoms with Gasteiger partial charge < -0.3 is 19.3 Å². The first-order chi connectivity index (χ1) is 14.0. The van der Waals surface area contributed by atoms with E-state index in [2.05, 4.69) is 0 Å². The van der Waals surface area contributed by atoms with Crippen LogP contribution in [0.15, 0.2) is 36.4 Å². The lowest BCUT2D eigenvalue weighted by atomic mass is 10.0. The van der Waals surface area contributed by atoms with Crippen LogP contribution in [0.2, 0.25) is 0 Å². The van der Waals surface area contributed by atoms with Gasteiger partial charge in [0.05, 0.1) is 27.2 Å². The number of benzene rings is 2. The predicted molar refractivity (Wildman–Crippen MR) is 110 cm³/mol. The van der Waals surface area contributed by atoms with Gasteiger partial charge in [-0.2, -0.15) is 0 Å². The van der Waals surface area contributed by atoms with E-state index in [4.69, 9.17) is 14.2 Å². The number of hydrogen-bond donors (Lipinski definition) is 1. The third-order valence-electron chi connectivity index (χ3n) is 4.55. The van der Waals surface area contributed by atoms with Crippen molar-refractivity contribution in [2.45, 2.75) is 39.0 Å². The van der Waals surface area contributed by atoms with Crippen LogP contribution in [0.1, 0.15) is 37.3 Å². The van der Waals surface area contributed by atoms with Crippen LogP contribution in [0.5, 0.6) is 23.0 Å². The average molecular weight is 400 g/mol. The first-order valence-corrected chi connectivity index (χ1v) is 9.65. The molecule has 2 rings (SSSR count). The Morgan fingerprint density at radius 3 is 1.93 bits per heavy atom. The predicted octanol–water partition coefficient (Wildman–Crippen LogP) is 3.90. The number of phenols is 1. The summed E-state index contributed by atoms with van der Waals surface area (Å²) in [7, 11) is 3.05. The Morgan fingerprint density at radius 1 is 0.828 bits per heavy atom. The molecule has 0 aromatic heterocycles. The fourth-order valence-electron chi connectivity index (χ4n) is 2.98. The molecule has 0 aliphatic heterocycles. The van der Waals surface area contributed by atoms with Crippen molar-refractivity contribution in [2.24, 2.45) is 0 Å². The number of ether oxygens (including phenoxy) is 3. The molecule has 6 heteroatoms. The van der Waals surface area contributed by atoms with Gasteiger partial charge >= 0.3 is 0 Å². The average Bonchev–Trinajstić information content (AvgIpc) is 2.72. The first-order valence-electron chi connectivity index (χ1n) is 9.65. The number of phenolic OH excluding ortho intramolecular Hbond substituents is 1. The van der Waals surface area contributed by atoms with Crippen molar-refractivity contribution >= 4 is 11.6 Å². The minimum Gasteiger partial charge on any atom is -0.504 e. The summed E-state index contributed by atoms with van der Waals surface area (Å²) in [5.74, 6) is 1.57. The van der Waals surface area contributed by atoms with Crippen molar-refractivity contribution < 1.29 is 28.9 Å². The molecule has 1 N–H and O–H groups in total. The lowest BCUT2D eigenvalue weighted by Crippen LogP contribution is -2.09. The van der Waals surface area contributed by atoms with Crippen molar-refractivity contribution in [1.29, 1.82) is 0 Å². The van der Waals surface area contributed by atoms with Gasteiger partial charge in [0.2, 0.25) is 0 Å². The zero-order valence-corrected chi connectivity index (χ0v) is 17.2. The van der Waals surface area contributed by atoms with E-state index in [9.17, 15) is 14.7 Å². The monoisotopic (exact) mass is 400 g/mol. The van der Waals surface area contributed by atoms with Crippen LogP contribution in [0.3, 0.4) is 0 Å². The molecule has 0 spiro atoms. The van der Waals surface area contributed by atoms with Gasteiger partial charge in [-0.15, -0.1) is 0 Å². The number of methoxy groups -OCH3 is 2. The Bertz CT molecular complexity index is 843. The van der Waals surface area contributed by atoms with E-state index in [1.54, 1.807) is 19.2 Å². The highest BCUT2D eigenvalue weighted by atomic mass is 16.5. The minimum absolute atomic E-state index is 0.0590. The molecule has 29 heavy (non-hydrogen) atoms. The molecule has 6 nitrogen and oxygen atoms in total. The number of hydrogen-bond acceptors (Lipinski definition) is 6. The lowest BCUT2D eigenvalue weighted by Gasteiger charge is -2.11. The summed E-state index contributed by atoms with van der Waals surface area (Å²) in [6.07, 6.45) is 1.55. The van der Waals surface area contributed by atoms with Crippen molar-refractivity contribution in [2.75, 3.05) is 20.8 Å². The van der Waals surface area contributed by atoms with Crippen LogP contribution < -0.4 is 14.2 Å². The van der Waals surface area contributed by atoms with Crippen LogP contribution in [0.25, 0.3) is 0 Å². The molecule has 2 aromatic carbocycles. The largest absolute Gasteiger partial charge is 0.504 e. The third-order valence-corrected chi connectivity index (χ3v) is 4.55. The van der Waals surface area contributed by atoms with E-state index in [1.165, 1.54) is 13.2 Å². The smallest absolute Gasteiger partial charge is 0.161 e. The molecule has 0 atom stereocenters. The zero-order valence-electron chi connectivity index (χ0n) is 17.2. The van der Waals surface area contributed by atoms with Crippen molar-refractivity contribution in [1.82, 2.24) is 0 Å². The van der Waals surface area contributed by atoms with Gasteiger partial charge in [-0.25, -0.2) is 0 Å². The number of carbonyl (C=O) groups is 2. The fourth-order valence-corrected chi connectivity index (χ4v) is 2.98. The van der Waals surface area contributed by atoms with E-state index < -0.39 is 0 Å². The summed E-state index contributed by atoms with van der Waals surface area (Å²) in [6, 6.07) is 10.6. The molecule has 0 fully saturated rings. The number of rotatable bonds is 12. The van der Waals surface area contributed by atoms with Gasteiger partial charge in [-0.1, -0.05) is 12.1 Å².